The highest BCUT2D eigenvalue weighted by Gasteiger charge is 2.06. The average Bonchev–Trinajstić information content (AvgIpc) is 2.85. The van der Waals surface area contributed by atoms with Crippen LogP contribution in [0.25, 0.3) is 17.2 Å². The SMILES string of the molecule is CC.COc1ccc(-c2ccc(/C=C/C(=O)OCCc3ccc(N)cc3N)c(OC)c2)cc1. The number of carbonyl (C=O) groups excluding carboxylic acids is 1. The number of hydrogen-bond acceptors (Lipinski definition) is 6. The molecule has 0 spiro atoms. The molecule has 0 saturated carbocycles. The van der Waals surface area contributed by atoms with Gasteiger partial charge in [-0.05, 0) is 53.1 Å². The Morgan fingerprint density at radius 1 is 0.879 bits per heavy atom. The molecule has 0 aliphatic rings. The van der Waals surface area contributed by atoms with E-state index in [0.29, 0.717) is 23.5 Å². The minimum absolute atomic E-state index is 0.227. The first-order valence-electron chi connectivity index (χ1n) is 10.8. The number of methoxy groups -OCH3 is 2. The second kappa shape index (κ2) is 12.8. The van der Waals surface area contributed by atoms with Gasteiger partial charge in [-0.25, -0.2) is 4.79 Å². The molecule has 3 rings (SSSR count). The van der Waals surface area contributed by atoms with Gasteiger partial charge in [0.15, 0.2) is 0 Å². The van der Waals surface area contributed by atoms with Crippen molar-refractivity contribution in [3.05, 3.63) is 77.9 Å². The molecular formula is C27H32N2O4. The van der Waals surface area contributed by atoms with Crippen molar-refractivity contribution in [3.8, 4) is 22.6 Å². The van der Waals surface area contributed by atoms with Crippen LogP contribution in [-0.4, -0.2) is 26.8 Å². The van der Waals surface area contributed by atoms with Crippen LogP contribution in [0.2, 0.25) is 0 Å². The summed E-state index contributed by atoms with van der Waals surface area (Å²) in [7, 11) is 3.23. The first kappa shape index (κ1) is 25.3. The first-order valence-corrected chi connectivity index (χ1v) is 10.8. The number of ether oxygens (including phenoxy) is 3. The zero-order chi connectivity index (χ0) is 24.2. The highest BCUT2D eigenvalue weighted by molar-refractivity contribution is 5.88. The monoisotopic (exact) mass is 448 g/mol. The molecule has 0 unspecified atom stereocenters. The number of nitrogens with two attached hydrogens (primary N) is 2. The Labute approximate surface area is 195 Å². The summed E-state index contributed by atoms with van der Waals surface area (Å²) < 4.78 is 16.0. The second-order valence-corrected chi connectivity index (χ2v) is 6.89. The summed E-state index contributed by atoms with van der Waals surface area (Å²) in [6, 6.07) is 18.9. The first-order chi connectivity index (χ1) is 16.0. The normalized spacial score (nSPS) is 10.3. The third-order valence-electron chi connectivity index (χ3n) is 4.84. The molecule has 0 bridgehead atoms. The maximum Gasteiger partial charge on any atom is 0.330 e. The standard InChI is InChI=1S/C25H26N2O4.C2H6/c1-29-22-10-6-17(7-11-22)20-4-3-19(24(15-20)30-2)8-12-25(28)31-14-13-18-5-9-21(26)16-23(18)27;1-2/h3-12,15-16H,13-14,26-27H2,1-2H3;1-2H3/b12-8+;. The average molecular weight is 449 g/mol. The lowest BCUT2D eigenvalue weighted by Crippen LogP contribution is -2.06. The number of hydrogen-bond donors (Lipinski definition) is 2. The fourth-order valence-corrected chi connectivity index (χ4v) is 3.12. The fraction of sp³-hybridized carbons (Fsp3) is 0.222. The predicted molar refractivity (Wildman–Crippen MR) is 135 cm³/mol. The van der Waals surface area contributed by atoms with Crippen LogP contribution >= 0.6 is 0 Å². The molecule has 6 heteroatoms. The topological polar surface area (TPSA) is 96.8 Å². The third-order valence-corrected chi connectivity index (χ3v) is 4.84. The summed E-state index contributed by atoms with van der Waals surface area (Å²) in [5.74, 6) is 1.02. The maximum atomic E-state index is 12.1. The van der Waals surface area contributed by atoms with Crippen LogP contribution in [0.5, 0.6) is 11.5 Å². The molecule has 3 aromatic rings. The van der Waals surface area contributed by atoms with Crippen molar-refractivity contribution in [1.82, 2.24) is 0 Å². The Morgan fingerprint density at radius 3 is 2.21 bits per heavy atom. The van der Waals surface area contributed by atoms with Crippen molar-refractivity contribution in [2.75, 3.05) is 32.3 Å². The zero-order valence-corrected chi connectivity index (χ0v) is 19.6. The Balaban J connectivity index is 0.00000187. The van der Waals surface area contributed by atoms with Crippen LogP contribution in [0.1, 0.15) is 25.0 Å². The van der Waals surface area contributed by atoms with Gasteiger partial charge in [-0.1, -0.05) is 44.2 Å². The molecule has 0 aromatic heterocycles. The van der Waals surface area contributed by atoms with Gasteiger partial charge >= 0.3 is 5.97 Å². The third kappa shape index (κ3) is 7.31. The molecule has 4 N–H and O–H groups in total. The number of carbonyl (C=O) groups is 1. The van der Waals surface area contributed by atoms with E-state index in [4.69, 9.17) is 25.7 Å². The van der Waals surface area contributed by atoms with E-state index in [-0.39, 0.29) is 6.61 Å². The maximum absolute atomic E-state index is 12.1. The van der Waals surface area contributed by atoms with Gasteiger partial charge in [0, 0.05) is 29.4 Å². The second-order valence-electron chi connectivity index (χ2n) is 6.89. The Bertz CT molecular complexity index is 1080. The molecule has 0 heterocycles. The van der Waals surface area contributed by atoms with E-state index in [1.807, 2.05) is 62.4 Å². The number of rotatable bonds is 8. The molecule has 6 nitrogen and oxygen atoms in total. The van der Waals surface area contributed by atoms with Crippen LogP contribution in [0.3, 0.4) is 0 Å². The van der Waals surface area contributed by atoms with Gasteiger partial charge in [-0.2, -0.15) is 0 Å². The summed E-state index contributed by atoms with van der Waals surface area (Å²) >= 11 is 0. The van der Waals surface area contributed by atoms with Crippen LogP contribution in [0.15, 0.2) is 66.7 Å². The molecule has 174 valence electrons. The Morgan fingerprint density at radius 2 is 1.58 bits per heavy atom. The van der Waals surface area contributed by atoms with Crippen LogP contribution in [-0.2, 0) is 16.0 Å². The summed E-state index contributed by atoms with van der Waals surface area (Å²) in [6.45, 7) is 4.23. The van der Waals surface area contributed by atoms with Crippen molar-refractivity contribution >= 4 is 23.4 Å². The van der Waals surface area contributed by atoms with E-state index in [2.05, 4.69) is 0 Å². The summed E-state index contributed by atoms with van der Waals surface area (Å²) in [5, 5.41) is 0. The lowest BCUT2D eigenvalue weighted by atomic mass is 10.0. The van der Waals surface area contributed by atoms with E-state index in [1.54, 1.807) is 32.4 Å². The quantitative estimate of drug-likeness (QED) is 0.274. The molecular weight excluding hydrogens is 416 g/mol. The van der Waals surface area contributed by atoms with Gasteiger partial charge < -0.3 is 25.7 Å². The molecule has 0 radical (unpaired) electrons. The van der Waals surface area contributed by atoms with Crippen molar-refractivity contribution < 1.29 is 19.0 Å². The highest BCUT2D eigenvalue weighted by atomic mass is 16.5. The van der Waals surface area contributed by atoms with Crippen LogP contribution in [0, 0.1) is 0 Å². The van der Waals surface area contributed by atoms with E-state index in [9.17, 15) is 4.79 Å². The smallest absolute Gasteiger partial charge is 0.330 e. The summed E-state index contributed by atoms with van der Waals surface area (Å²) in [6.07, 6.45) is 3.58. The number of anilines is 2. The van der Waals surface area contributed by atoms with Gasteiger partial charge in [0.1, 0.15) is 11.5 Å². The molecule has 0 saturated heterocycles. The molecule has 0 fully saturated rings. The lowest BCUT2D eigenvalue weighted by Gasteiger charge is -2.09. The largest absolute Gasteiger partial charge is 0.497 e. The Kier molecular flexibility index (Phi) is 9.83. The van der Waals surface area contributed by atoms with Crippen LogP contribution < -0.4 is 20.9 Å². The summed E-state index contributed by atoms with van der Waals surface area (Å²) in [4.78, 5) is 12.1. The molecule has 0 atom stereocenters. The lowest BCUT2D eigenvalue weighted by molar-refractivity contribution is -0.137. The minimum Gasteiger partial charge on any atom is -0.497 e. The van der Waals surface area contributed by atoms with Crippen molar-refractivity contribution in [1.29, 1.82) is 0 Å². The van der Waals surface area contributed by atoms with Gasteiger partial charge in [0.2, 0.25) is 0 Å². The summed E-state index contributed by atoms with van der Waals surface area (Å²) in [5.41, 5.74) is 16.5. The van der Waals surface area contributed by atoms with E-state index in [1.165, 1.54) is 6.08 Å². The molecule has 33 heavy (non-hydrogen) atoms. The number of esters is 1. The van der Waals surface area contributed by atoms with E-state index >= 15 is 0 Å². The minimum atomic E-state index is -0.435. The van der Waals surface area contributed by atoms with E-state index < -0.39 is 5.97 Å². The van der Waals surface area contributed by atoms with Crippen molar-refractivity contribution in [2.45, 2.75) is 20.3 Å². The number of nitrogen functional groups attached to an aromatic ring is 2. The van der Waals surface area contributed by atoms with E-state index in [0.717, 1.165) is 28.0 Å². The van der Waals surface area contributed by atoms with Gasteiger partial charge in [0.05, 0.1) is 20.8 Å². The Hall–Kier alpha value is -3.93. The van der Waals surface area contributed by atoms with Gasteiger partial charge in [-0.3, -0.25) is 0 Å². The molecule has 0 aliphatic heterocycles. The fourth-order valence-electron chi connectivity index (χ4n) is 3.12. The number of benzene rings is 3. The predicted octanol–water partition coefficient (Wildman–Crippen LogP) is 5.36. The van der Waals surface area contributed by atoms with Crippen LogP contribution in [0.4, 0.5) is 11.4 Å². The highest BCUT2D eigenvalue weighted by Crippen LogP contribution is 2.29. The van der Waals surface area contributed by atoms with Gasteiger partial charge in [0.25, 0.3) is 0 Å². The molecule has 0 aliphatic carbocycles. The van der Waals surface area contributed by atoms with Crippen molar-refractivity contribution in [2.24, 2.45) is 0 Å². The molecule has 0 amide bonds. The molecule has 3 aromatic carbocycles. The van der Waals surface area contributed by atoms with Crippen molar-refractivity contribution in [3.63, 3.8) is 0 Å². The van der Waals surface area contributed by atoms with Gasteiger partial charge in [-0.15, -0.1) is 0 Å². The zero-order valence-electron chi connectivity index (χ0n) is 19.6.